The van der Waals surface area contributed by atoms with Crippen molar-refractivity contribution in [1.82, 2.24) is 4.57 Å². The van der Waals surface area contributed by atoms with Crippen molar-refractivity contribution in [2.75, 3.05) is 12.3 Å². The van der Waals surface area contributed by atoms with Gasteiger partial charge in [0, 0.05) is 23.1 Å². The molecule has 19 heavy (non-hydrogen) atoms. The quantitative estimate of drug-likeness (QED) is 0.671. The molecule has 0 saturated carbocycles. The van der Waals surface area contributed by atoms with E-state index in [2.05, 4.69) is 41.0 Å². The molecule has 1 unspecified atom stereocenters. The van der Waals surface area contributed by atoms with Crippen LogP contribution < -0.4 is 5.73 Å². The first-order valence-corrected chi connectivity index (χ1v) is 6.74. The summed E-state index contributed by atoms with van der Waals surface area (Å²) in [7, 11) is 0. The van der Waals surface area contributed by atoms with Crippen molar-refractivity contribution in [3.05, 3.63) is 42.5 Å². The monoisotopic (exact) mass is 252 g/mol. The van der Waals surface area contributed by atoms with Crippen molar-refractivity contribution in [2.24, 2.45) is 0 Å². The van der Waals surface area contributed by atoms with E-state index in [1.165, 1.54) is 21.8 Å². The van der Waals surface area contributed by atoms with E-state index in [0.29, 0.717) is 0 Å². The van der Waals surface area contributed by atoms with Gasteiger partial charge in [0.05, 0.1) is 11.0 Å². The van der Waals surface area contributed by atoms with Gasteiger partial charge in [0.25, 0.3) is 0 Å². The Morgan fingerprint density at radius 2 is 1.89 bits per heavy atom. The molecular formula is C16H16N2O. The first kappa shape index (κ1) is 10.9. The SMILES string of the molecule is Nc1ccc2c(c1)c1ccccc1n2C1CCCO1. The highest BCUT2D eigenvalue weighted by Gasteiger charge is 2.22. The van der Waals surface area contributed by atoms with Crippen molar-refractivity contribution in [3.63, 3.8) is 0 Å². The molecule has 0 amide bonds. The van der Waals surface area contributed by atoms with Crippen molar-refractivity contribution >= 4 is 27.5 Å². The Labute approximate surface area is 111 Å². The lowest BCUT2D eigenvalue weighted by molar-refractivity contribution is 0.0633. The third-order valence-electron chi connectivity index (χ3n) is 3.93. The summed E-state index contributed by atoms with van der Waals surface area (Å²) in [6.45, 7) is 0.855. The molecule has 3 aromatic rings. The van der Waals surface area contributed by atoms with Crippen LogP contribution >= 0.6 is 0 Å². The fourth-order valence-corrected chi connectivity index (χ4v) is 3.10. The minimum absolute atomic E-state index is 0.158. The fourth-order valence-electron chi connectivity index (χ4n) is 3.10. The summed E-state index contributed by atoms with van der Waals surface area (Å²) in [6.07, 6.45) is 2.37. The molecule has 0 aliphatic carbocycles. The Hall–Kier alpha value is -2.00. The van der Waals surface area contributed by atoms with E-state index in [9.17, 15) is 0 Å². The largest absolute Gasteiger partial charge is 0.399 e. The molecule has 0 bridgehead atoms. The highest BCUT2D eigenvalue weighted by molar-refractivity contribution is 6.09. The Balaban J connectivity index is 2.12. The minimum Gasteiger partial charge on any atom is -0.399 e. The highest BCUT2D eigenvalue weighted by Crippen LogP contribution is 2.36. The molecule has 1 atom stereocenters. The van der Waals surface area contributed by atoms with Gasteiger partial charge < -0.3 is 15.0 Å². The minimum atomic E-state index is 0.158. The summed E-state index contributed by atoms with van der Waals surface area (Å²) in [5.41, 5.74) is 9.19. The van der Waals surface area contributed by atoms with Gasteiger partial charge in [-0.3, -0.25) is 0 Å². The number of fused-ring (bicyclic) bond motifs is 3. The summed E-state index contributed by atoms with van der Waals surface area (Å²) >= 11 is 0. The number of nitrogens with two attached hydrogens (primary N) is 1. The van der Waals surface area contributed by atoms with Gasteiger partial charge in [-0.05, 0) is 37.1 Å². The van der Waals surface area contributed by atoms with Gasteiger partial charge in [-0.15, -0.1) is 0 Å². The van der Waals surface area contributed by atoms with E-state index in [1.54, 1.807) is 0 Å². The number of benzene rings is 2. The van der Waals surface area contributed by atoms with Crippen LogP contribution in [0.5, 0.6) is 0 Å². The molecule has 1 aromatic heterocycles. The van der Waals surface area contributed by atoms with Gasteiger partial charge in [0.1, 0.15) is 6.23 Å². The van der Waals surface area contributed by atoms with Crippen molar-refractivity contribution in [3.8, 4) is 0 Å². The van der Waals surface area contributed by atoms with Crippen LogP contribution in [-0.2, 0) is 4.74 Å². The first-order valence-electron chi connectivity index (χ1n) is 6.74. The first-order chi connectivity index (χ1) is 9.34. The standard InChI is InChI=1S/C16H16N2O/c17-11-7-8-15-13(10-11)12-4-1-2-5-14(12)18(15)16-6-3-9-19-16/h1-2,4-5,7-8,10,16H,3,6,9,17H2. The molecule has 0 radical (unpaired) electrons. The fraction of sp³-hybridized carbons (Fsp3) is 0.250. The molecule has 2 N–H and O–H groups in total. The molecule has 3 heteroatoms. The van der Waals surface area contributed by atoms with Gasteiger partial charge in [-0.1, -0.05) is 18.2 Å². The summed E-state index contributed by atoms with van der Waals surface area (Å²) in [6, 6.07) is 14.6. The third kappa shape index (κ3) is 1.55. The Kier molecular flexibility index (Phi) is 2.29. The van der Waals surface area contributed by atoms with E-state index in [-0.39, 0.29) is 6.23 Å². The smallest absolute Gasteiger partial charge is 0.134 e. The van der Waals surface area contributed by atoms with Crippen LogP contribution in [-0.4, -0.2) is 11.2 Å². The molecule has 1 fully saturated rings. The van der Waals surface area contributed by atoms with Gasteiger partial charge in [0.2, 0.25) is 0 Å². The lowest BCUT2D eigenvalue weighted by Gasteiger charge is -2.14. The van der Waals surface area contributed by atoms with E-state index < -0.39 is 0 Å². The molecule has 1 saturated heterocycles. The molecule has 4 rings (SSSR count). The number of hydrogen-bond donors (Lipinski definition) is 1. The molecule has 2 aromatic carbocycles. The molecule has 96 valence electrons. The van der Waals surface area contributed by atoms with Crippen LogP contribution in [0.3, 0.4) is 0 Å². The van der Waals surface area contributed by atoms with Gasteiger partial charge in [0.15, 0.2) is 0 Å². The summed E-state index contributed by atoms with van der Waals surface area (Å²) < 4.78 is 8.19. The summed E-state index contributed by atoms with van der Waals surface area (Å²) in [5.74, 6) is 0. The molecule has 1 aliphatic heterocycles. The van der Waals surface area contributed by atoms with Crippen LogP contribution in [0.15, 0.2) is 42.5 Å². The molecule has 0 spiro atoms. The second kappa shape index (κ2) is 4.00. The van der Waals surface area contributed by atoms with Crippen LogP contribution in [0, 0.1) is 0 Å². The molecule has 3 nitrogen and oxygen atoms in total. The van der Waals surface area contributed by atoms with E-state index in [4.69, 9.17) is 10.5 Å². The lowest BCUT2D eigenvalue weighted by atomic mass is 10.1. The number of ether oxygens (including phenoxy) is 1. The van der Waals surface area contributed by atoms with E-state index in [0.717, 1.165) is 25.1 Å². The van der Waals surface area contributed by atoms with Gasteiger partial charge in [-0.2, -0.15) is 0 Å². The number of nitrogen functional groups attached to an aromatic ring is 1. The maximum atomic E-state index is 5.94. The van der Waals surface area contributed by atoms with Crippen molar-refractivity contribution in [1.29, 1.82) is 0 Å². The highest BCUT2D eigenvalue weighted by atomic mass is 16.5. The number of rotatable bonds is 1. The van der Waals surface area contributed by atoms with Gasteiger partial charge in [-0.25, -0.2) is 0 Å². The average molecular weight is 252 g/mol. The topological polar surface area (TPSA) is 40.2 Å². The number of aromatic nitrogens is 1. The maximum Gasteiger partial charge on any atom is 0.134 e. The Bertz CT molecular complexity index is 754. The second-order valence-electron chi connectivity index (χ2n) is 5.13. The van der Waals surface area contributed by atoms with Crippen LogP contribution in [0.25, 0.3) is 21.8 Å². The van der Waals surface area contributed by atoms with Crippen LogP contribution in [0.1, 0.15) is 19.1 Å². The van der Waals surface area contributed by atoms with E-state index >= 15 is 0 Å². The summed E-state index contributed by atoms with van der Waals surface area (Å²) in [5, 5.41) is 2.46. The number of anilines is 1. The number of para-hydroxylation sites is 1. The molecule has 1 aliphatic rings. The Morgan fingerprint density at radius 1 is 1.05 bits per heavy atom. The van der Waals surface area contributed by atoms with Crippen molar-refractivity contribution < 1.29 is 4.74 Å². The van der Waals surface area contributed by atoms with E-state index in [1.807, 2.05) is 6.07 Å². The molecular weight excluding hydrogens is 236 g/mol. The zero-order valence-electron chi connectivity index (χ0n) is 10.7. The zero-order valence-corrected chi connectivity index (χ0v) is 10.7. The van der Waals surface area contributed by atoms with Crippen LogP contribution in [0.2, 0.25) is 0 Å². The lowest BCUT2D eigenvalue weighted by Crippen LogP contribution is -2.06. The average Bonchev–Trinajstić information content (AvgIpc) is 3.04. The summed E-state index contributed by atoms with van der Waals surface area (Å²) in [4.78, 5) is 0. The number of nitrogens with zero attached hydrogens (tertiary/aromatic N) is 1. The van der Waals surface area contributed by atoms with Crippen molar-refractivity contribution in [2.45, 2.75) is 19.1 Å². The Morgan fingerprint density at radius 3 is 2.74 bits per heavy atom. The number of hydrogen-bond acceptors (Lipinski definition) is 2. The zero-order chi connectivity index (χ0) is 12.8. The normalized spacial score (nSPS) is 19.5. The van der Waals surface area contributed by atoms with Gasteiger partial charge >= 0.3 is 0 Å². The second-order valence-corrected chi connectivity index (χ2v) is 5.13. The predicted molar refractivity (Wildman–Crippen MR) is 78.1 cm³/mol. The van der Waals surface area contributed by atoms with Crippen LogP contribution in [0.4, 0.5) is 5.69 Å². The molecule has 2 heterocycles. The predicted octanol–water partition coefficient (Wildman–Crippen LogP) is 3.69. The maximum absolute atomic E-state index is 5.94. The third-order valence-corrected chi connectivity index (χ3v) is 3.93.